The molecule has 1 aromatic carbocycles. The lowest BCUT2D eigenvalue weighted by Gasteiger charge is -2.32. The first-order valence-corrected chi connectivity index (χ1v) is 8.28. The molecule has 5 nitrogen and oxygen atoms in total. The van der Waals surface area contributed by atoms with Crippen molar-refractivity contribution in [2.45, 2.75) is 19.3 Å². The average Bonchev–Trinajstić information content (AvgIpc) is 2.60. The van der Waals surface area contributed by atoms with Crippen molar-refractivity contribution in [2.24, 2.45) is 11.7 Å². The molecule has 0 aliphatic carbocycles. The Morgan fingerprint density at radius 3 is 3.09 bits per heavy atom. The Bertz CT molecular complexity index is 675. The van der Waals surface area contributed by atoms with Gasteiger partial charge in [0, 0.05) is 24.0 Å². The smallest absolute Gasteiger partial charge is 0.137 e. The van der Waals surface area contributed by atoms with Crippen LogP contribution in [0.3, 0.4) is 0 Å². The van der Waals surface area contributed by atoms with Gasteiger partial charge in [-0.25, -0.2) is 0 Å². The van der Waals surface area contributed by atoms with Crippen LogP contribution in [-0.2, 0) is 6.42 Å². The number of hydrogen-bond acceptors (Lipinski definition) is 5. The molecule has 5 heteroatoms. The van der Waals surface area contributed by atoms with Crippen molar-refractivity contribution in [1.29, 1.82) is 0 Å². The van der Waals surface area contributed by atoms with Gasteiger partial charge < -0.3 is 20.5 Å². The van der Waals surface area contributed by atoms with E-state index in [2.05, 4.69) is 9.88 Å². The van der Waals surface area contributed by atoms with Gasteiger partial charge in [-0.15, -0.1) is 0 Å². The van der Waals surface area contributed by atoms with Gasteiger partial charge in [0.2, 0.25) is 0 Å². The van der Waals surface area contributed by atoms with Crippen molar-refractivity contribution < 1.29 is 9.84 Å². The van der Waals surface area contributed by atoms with Crippen LogP contribution < -0.4 is 10.5 Å². The average molecular weight is 315 g/mol. The molecule has 0 unspecified atom stereocenters. The number of piperidine rings is 1. The number of aromatic nitrogens is 1. The highest BCUT2D eigenvalue weighted by Crippen LogP contribution is 2.29. The van der Waals surface area contributed by atoms with E-state index in [-0.39, 0.29) is 5.75 Å². The minimum absolute atomic E-state index is 0.262. The van der Waals surface area contributed by atoms with Gasteiger partial charge >= 0.3 is 0 Å². The number of nitrogens with zero attached hydrogens (tertiary/aromatic N) is 2. The van der Waals surface area contributed by atoms with Gasteiger partial charge in [0.15, 0.2) is 0 Å². The molecule has 1 atom stereocenters. The number of pyridine rings is 1. The number of hydrogen-bond donors (Lipinski definition) is 2. The Morgan fingerprint density at radius 1 is 1.43 bits per heavy atom. The Kier molecular flexibility index (Phi) is 4.98. The lowest BCUT2D eigenvalue weighted by atomic mass is 9.97. The second kappa shape index (κ2) is 7.15. The maximum atomic E-state index is 10.3. The summed E-state index contributed by atoms with van der Waals surface area (Å²) >= 11 is 0. The standard InChI is InChI=1S/C18H25N3O2/c1-23-14-4-5-17-16(9-14)15(18(22)11-20-17)6-8-21-7-2-3-13(10-19)12-21/h4-5,9,11,13,22H,2-3,6-8,10,12,19H2,1H3/t13-/m0/s1. The van der Waals surface area contributed by atoms with Gasteiger partial charge in [0.05, 0.1) is 18.8 Å². The lowest BCUT2D eigenvalue weighted by Crippen LogP contribution is -2.39. The number of fused-ring (bicyclic) bond motifs is 1. The lowest BCUT2D eigenvalue weighted by molar-refractivity contribution is 0.180. The summed E-state index contributed by atoms with van der Waals surface area (Å²) < 4.78 is 5.31. The van der Waals surface area contributed by atoms with Crippen molar-refractivity contribution >= 4 is 10.9 Å². The van der Waals surface area contributed by atoms with Crippen LogP contribution in [0.5, 0.6) is 11.5 Å². The summed E-state index contributed by atoms with van der Waals surface area (Å²) in [5.41, 5.74) is 7.65. The maximum absolute atomic E-state index is 10.3. The topological polar surface area (TPSA) is 71.6 Å². The second-order valence-corrected chi connectivity index (χ2v) is 6.30. The number of nitrogens with two attached hydrogens (primary N) is 1. The number of likely N-dealkylation sites (tertiary alicyclic amines) is 1. The van der Waals surface area contributed by atoms with Crippen molar-refractivity contribution in [3.8, 4) is 11.5 Å². The molecular formula is C18H25N3O2. The molecule has 2 heterocycles. The molecule has 23 heavy (non-hydrogen) atoms. The van der Waals surface area contributed by atoms with E-state index in [4.69, 9.17) is 10.5 Å². The summed E-state index contributed by atoms with van der Waals surface area (Å²) in [6, 6.07) is 5.78. The third kappa shape index (κ3) is 3.57. The molecule has 0 amide bonds. The van der Waals surface area contributed by atoms with Gasteiger partial charge in [-0.2, -0.15) is 0 Å². The SMILES string of the molecule is COc1ccc2ncc(O)c(CCN3CCC[C@@H](CN)C3)c2c1. The molecule has 0 saturated carbocycles. The van der Waals surface area contributed by atoms with E-state index in [9.17, 15) is 5.11 Å². The largest absolute Gasteiger partial charge is 0.506 e. The Labute approximate surface area is 137 Å². The van der Waals surface area contributed by atoms with Crippen molar-refractivity contribution in [3.63, 3.8) is 0 Å². The van der Waals surface area contributed by atoms with Gasteiger partial charge in [-0.3, -0.25) is 4.98 Å². The van der Waals surface area contributed by atoms with Crippen LogP contribution in [0, 0.1) is 5.92 Å². The number of aromatic hydroxyl groups is 1. The zero-order chi connectivity index (χ0) is 16.2. The fourth-order valence-corrected chi connectivity index (χ4v) is 3.42. The molecule has 0 spiro atoms. The van der Waals surface area contributed by atoms with Crippen LogP contribution in [0.25, 0.3) is 10.9 Å². The minimum atomic E-state index is 0.262. The normalized spacial score (nSPS) is 19.1. The minimum Gasteiger partial charge on any atom is -0.506 e. The molecule has 0 radical (unpaired) electrons. The third-order valence-electron chi connectivity index (χ3n) is 4.78. The maximum Gasteiger partial charge on any atom is 0.137 e. The van der Waals surface area contributed by atoms with Gasteiger partial charge in [-0.05, 0) is 56.5 Å². The summed E-state index contributed by atoms with van der Waals surface area (Å²) in [6.45, 7) is 3.87. The second-order valence-electron chi connectivity index (χ2n) is 6.30. The molecule has 124 valence electrons. The zero-order valence-corrected chi connectivity index (χ0v) is 13.7. The van der Waals surface area contributed by atoms with E-state index in [1.54, 1.807) is 13.3 Å². The van der Waals surface area contributed by atoms with Crippen molar-refractivity contribution in [3.05, 3.63) is 30.0 Å². The predicted octanol–water partition coefficient (Wildman–Crippen LogP) is 2.16. The van der Waals surface area contributed by atoms with Crippen LogP contribution in [0.4, 0.5) is 0 Å². The Balaban J connectivity index is 1.80. The van der Waals surface area contributed by atoms with E-state index in [0.29, 0.717) is 5.92 Å². The molecule has 1 aliphatic rings. The zero-order valence-electron chi connectivity index (χ0n) is 13.7. The first-order chi connectivity index (χ1) is 11.2. The Morgan fingerprint density at radius 2 is 2.30 bits per heavy atom. The molecule has 2 aromatic rings. The van der Waals surface area contributed by atoms with E-state index in [0.717, 1.165) is 54.8 Å². The highest BCUT2D eigenvalue weighted by Gasteiger charge is 2.19. The van der Waals surface area contributed by atoms with E-state index in [1.165, 1.54) is 12.8 Å². The van der Waals surface area contributed by atoms with Crippen LogP contribution in [0.15, 0.2) is 24.4 Å². The summed E-state index contributed by atoms with van der Waals surface area (Å²) in [4.78, 5) is 6.75. The highest BCUT2D eigenvalue weighted by molar-refractivity contribution is 5.85. The summed E-state index contributed by atoms with van der Waals surface area (Å²) in [5, 5.41) is 11.2. The molecule has 1 fully saturated rings. The molecule has 3 rings (SSSR count). The van der Waals surface area contributed by atoms with Gasteiger partial charge in [-0.1, -0.05) is 0 Å². The first-order valence-electron chi connectivity index (χ1n) is 8.28. The fourth-order valence-electron chi connectivity index (χ4n) is 3.42. The molecule has 1 aromatic heterocycles. The van der Waals surface area contributed by atoms with Crippen LogP contribution >= 0.6 is 0 Å². The summed E-state index contributed by atoms with van der Waals surface area (Å²) in [5.74, 6) is 1.65. The van der Waals surface area contributed by atoms with E-state index in [1.807, 2.05) is 18.2 Å². The number of benzene rings is 1. The van der Waals surface area contributed by atoms with E-state index < -0.39 is 0 Å². The monoisotopic (exact) mass is 315 g/mol. The van der Waals surface area contributed by atoms with Crippen LogP contribution in [0.1, 0.15) is 18.4 Å². The third-order valence-corrected chi connectivity index (χ3v) is 4.78. The molecular weight excluding hydrogens is 290 g/mol. The fraction of sp³-hybridized carbons (Fsp3) is 0.500. The van der Waals surface area contributed by atoms with Crippen molar-refractivity contribution in [1.82, 2.24) is 9.88 Å². The van der Waals surface area contributed by atoms with Gasteiger partial charge in [0.25, 0.3) is 0 Å². The molecule has 1 saturated heterocycles. The van der Waals surface area contributed by atoms with Gasteiger partial charge in [0.1, 0.15) is 11.5 Å². The number of methoxy groups -OCH3 is 1. The first kappa shape index (κ1) is 16.0. The number of rotatable bonds is 5. The summed E-state index contributed by atoms with van der Waals surface area (Å²) in [6.07, 6.45) is 4.78. The highest BCUT2D eigenvalue weighted by atomic mass is 16.5. The van der Waals surface area contributed by atoms with Crippen LogP contribution in [0.2, 0.25) is 0 Å². The van der Waals surface area contributed by atoms with Crippen molar-refractivity contribution in [2.75, 3.05) is 33.3 Å². The molecule has 1 aliphatic heterocycles. The summed E-state index contributed by atoms with van der Waals surface area (Å²) in [7, 11) is 1.65. The quantitative estimate of drug-likeness (QED) is 0.885. The number of ether oxygens (including phenoxy) is 1. The molecule has 3 N–H and O–H groups in total. The Hall–Kier alpha value is -1.85. The molecule has 0 bridgehead atoms. The van der Waals surface area contributed by atoms with E-state index >= 15 is 0 Å². The predicted molar refractivity (Wildman–Crippen MR) is 91.9 cm³/mol. The van der Waals surface area contributed by atoms with Crippen LogP contribution in [-0.4, -0.2) is 48.3 Å².